The first-order chi connectivity index (χ1) is 20.3. The molecule has 43 heavy (non-hydrogen) atoms. The van der Waals surface area contributed by atoms with Gasteiger partial charge in [-0.2, -0.15) is 5.26 Å². The highest BCUT2D eigenvalue weighted by Gasteiger charge is 2.42. The number of hydrogen-bond acceptors (Lipinski definition) is 8. The summed E-state index contributed by atoms with van der Waals surface area (Å²) in [5.74, 6) is 0.513. The van der Waals surface area contributed by atoms with Crippen molar-refractivity contribution in [3.05, 3.63) is 64.8 Å². The summed E-state index contributed by atoms with van der Waals surface area (Å²) < 4.78 is 6.69. The standard InChI is InChI=1S/C34H46N6O2Si/c1-23-8-9-24(20-40-14-11-27(41)12-15-40)30(16-23)39-32-36-13-10-29(38-32)25-17-26(19-35)31-28(18-25)34(5,21-37-31)22-42-43(6,7)33(2,3)4/h8-10,13,16-18,27,37,41H,11-12,14-15,20-22H2,1-7H3,(H,36,38,39). The average molecular weight is 599 g/mol. The van der Waals surface area contributed by atoms with Crippen LogP contribution in [0.15, 0.2) is 42.6 Å². The molecule has 0 spiro atoms. The quantitative estimate of drug-likeness (QED) is 0.245. The molecule has 1 unspecified atom stereocenters. The summed E-state index contributed by atoms with van der Waals surface area (Å²) >= 11 is 0. The van der Waals surface area contributed by atoms with Crippen molar-refractivity contribution >= 4 is 25.6 Å². The van der Waals surface area contributed by atoms with Crippen LogP contribution in [0.1, 0.15) is 62.8 Å². The lowest BCUT2D eigenvalue weighted by atomic mass is 9.83. The van der Waals surface area contributed by atoms with Crippen LogP contribution in [0.5, 0.6) is 0 Å². The molecule has 1 aromatic heterocycles. The Kier molecular flexibility index (Phi) is 8.69. The maximum absolute atomic E-state index is 10.1. The van der Waals surface area contributed by atoms with Crippen LogP contribution in [0.2, 0.25) is 18.1 Å². The molecule has 8 nitrogen and oxygen atoms in total. The average Bonchev–Trinajstić information content (AvgIpc) is 3.30. The van der Waals surface area contributed by atoms with Crippen LogP contribution < -0.4 is 10.6 Å². The number of aryl methyl sites for hydroxylation is 1. The highest BCUT2D eigenvalue weighted by molar-refractivity contribution is 6.74. The number of benzene rings is 2. The Bertz CT molecular complexity index is 1520. The van der Waals surface area contributed by atoms with Crippen LogP contribution in [0, 0.1) is 18.3 Å². The van der Waals surface area contributed by atoms with Gasteiger partial charge in [0.25, 0.3) is 0 Å². The van der Waals surface area contributed by atoms with Crippen LogP contribution in [0.25, 0.3) is 11.3 Å². The molecular weight excluding hydrogens is 553 g/mol. The summed E-state index contributed by atoms with van der Waals surface area (Å²) in [6.45, 7) is 19.5. The van der Waals surface area contributed by atoms with Gasteiger partial charge in [0.15, 0.2) is 8.32 Å². The Hall–Kier alpha value is -3.29. The molecule has 0 aliphatic carbocycles. The fraction of sp³-hybridized carbons (Fsp3) is 0.500. The first-order valence-electron chi connectivity index (χ1n) is 15.3. The number of anilines is 3. The van der Waals surface area contributed by atoms with E-state index in [9.17, 15) is 10.4 Å². The van der Waals surface area contributed by atoms with Crippen molar-refractivity contribution in [2.45, 2.75) is 83.7 Å². The molecule has 2 aromatic carbocycles. The number of fused-ring (bicyclic) bond motifs is 1. The number of aromatic nitrogens is 2. The van der Waals surface area contributed by atoms with Gasteiger partial charge in [-0.05, 0) is 78.9 Å². The molecule has 2 aliphatic heterocycles. The van der Waals surface area contributed by atoms with E-state index >= 15 is 0 Å². The number of piperidine rings is 1. The molecule has 1 fully saturated rings. The molecule has 3 N–H and O–H groups in total. The predicted molar refractivity (Wildman–Crippen MR) is 176 cm³/mol. The third-order valence-electron chi connectivity index (χ3n) is 9.54. The summed E-state index contributed by atoms with van der Waals surface area (Å²) in [4.78, 5) is 11.8. The van der Waals surface area contributed by atoms with Gasteiger partial charge in [0.05, 0.1) is 23.0 Å². The van der Waals surface area contributed by atoms with Crippen molar-refractivity contribution in [3.8, 4) is 17.3 Å². The zero-order chi connectivity index (χ0) is 31.0. The number of nitrogens with zero attached hydrogens (tertiary/aromatic N) is 4. The molecule has 0 saturated carbocycles. The highest BCUT2D eigenvalue weighted by atomic mass is 28.4. The molecule has 0 bridgehead atoms. The van der Waals surface area contributed by atoms with Crippen molar-refractivity contribution < 1.29 is 9.53 Å². The summed E-state index contributed by atoms with van der Waals surface area (Å²) in [6.07, 6.45) is 3.19. The number of rotatable bonds is 8. The SMILES string of the molecule is Cc1ccc(CN2CCC(O)CC2)c(Nc2nccc(-c3cc(C#N)c4c(c3)C(C)(CO[Si](C)(C)C(C)(C)C)CN4)n2)c1. The van der Waals surface area contributed by atoms with Crippen molar-refractivity contribution in [3.63, 3.8) is 0 Å². The van der Waals surface area contributed by atoms with E-state index < -0.39 is 8.32 Å². The normalized spacial score (nSPS) is 19.5. The van der Waals surface area contributed by atoms with Gasteiger partial charge in [-0.15, -0.1) is 0 Å². The molecule has 1 atom stereocenters. The van der Waals surface area contributed by atoms with Gasteiger partial charge in [-0.25, -0.2) is 9.97 Å². The second-order valence-electron chi connectivity index (χ2n) is 14.1. The zero-order valence-electron chi connectivity index (χ0n) is 26.7. The van der Waals surface area contributed by atoms with Crippen molar-refractivity contribution in [2.75, 3.05) is 36.9 Å². The van der Waals surface area contributed by atoms with E-state index in [1.54, 1.807) is 6.20 Å². The van der Waals surface area contributed by atoms with Crippen molar-refractivity contribution in [2.24, 2.45) is 0 Å². The Morgan fingerprint density at radius 2 is 1.93 bits per heavy atom. The summed E-state index contributed by atoms with van der Waals surface area (Å²) in [6, 6.07) is 14.8. The van der Waals surface area contributed by atoms with E-state index in [2.05, 4.69) is 98.6 Å². The minimum absolute atomic E-state index is 0.121. The van der Waals surface area contributed by atoms with E-state index in [1.807, 2.05) is 12.1 Å². The molecule has 5 rings (SSSR count). The second kappa shape index (κ2) is 12.0. The Labute approximate surface area is 257 Å². The zero-order valence-corrected chi connectivity index (χ0v) is 27.7. The maximum atomic E-state index is 10.1. The molecule has 228 valence electrons. The van der Waals surface area contributed by atoms with E-state index in [1.165, 1.54) is 5.56 Å². The van der Waals surface area contributed by atoms with Gasteiger partial charge in [-0.3, -0.25) is 4.90 Å². The lowest BCUT2D eigenvalue weighted by Crippen LogP contribution is -2.45. The largest absolute Gasteiger partial charge is 0.416 e. The fourth-order valence-electron chi connectivity index (χ4n) is 5.57. The molecule has 3 aromatic rings. The number of hydrogen-bond donors (Lipinski definition) is 3. The molecule has 3 heterocycles. The Balaban J connectivity index is 1.42. The number of nitrogens with one attached hydrogen (secondary N) is 2. The fourth-order valence-corrected chi connectivity index (χ4v) is 6.68. The Morgan fingerprint density at radius 3 is 2.63 bits per heavy atom. The molecule has 1 saturated heterocycles. The third-order valence-corrected chi connectivity index (χ3v) is 14.0. The van der Waals surface area contributed by atoms with Gasteiger partial charge in [0.2, 0.25) is 5.95 Å². The number of aliphatic hydroxyl groups excluding tert-OH is 1. The summed E-state index contributed by atoms with van der Waals surface area (Å²) in [5.41, 5.74) is 7.30. The van der Waals surface area contributed by atoms with Gasteiger partial charge >= 0.3 is 0 Å². The molecule has 2 aliphatic rings. The topological polar surface area (TPSA) is 106 Å². The predicted octanol–water partition coefficient (Wildman–Crippen LogP) is 6.73. The first kappa shape index (κ1) is 31.1. The lowest BCUT2D eigenvalue weighted by Gasteiger charge is -2.39. The van der Waals surface area contributed by atoms with Gasteiger partial charge in [0.1, 0.15) is 6.07 Å². The third kappa shape index (κ3) is 6.78. The van der Waals surface area contributed by atoms with Crippen LogP contribution in [-0.2, 0) is 16.4 Å². The Morgan fingerprint density at radius 1 is 1.19 bits per heavy atom. The summed E-state index contributed by atoms with van der Waals surface area (Å²) in [5, 5.41) is 27.1. The van der Waals surface area contributed by atoms with Gasteiger partial charge < -0.3 is 20.2 Å². The van der Waals surface area contributed by atoms with Crippen LogP contribution in [0.4, 0.5) is 17.3 Å². The van der Waals surface area contributed by atoms with E-state index in [0.717, 1.165) is 72.8 Å². The van der Waals surface area contributed by atoms with Gasteiger partial charge in [-0.1, -0.05) is 39.8 Å². The van der Waals surface area contributed by atoms with Gasteiger partial charge in [0, 0.05) is 55.6 Å². The van der Waals surface area contributed by atoms with E-state index in [4.69, 9.17) is 9.41 Å². The van der Waals surface area contributed by atoms with Crippen molar-refractivity contribution in [1.82, 2.24) is 14.9 Å². The lowest BCUT2D eigenvalue weighted by molar-refractivity contribution is 0.0793. The monoisotopic (exact) mass is 598 g/mol. The minimum Gasteiger partial charge on any atom is -0.416 e. The molecular formula is C34H46N6O2Si. The first-order valence-corrected chi connectivity index (χ1v) is 18.3. The van der Waals surface area contributed by atoms with Crippen LogP contribution >= 0.6 is 0 Å². The van der Waals surface area contributed by atoms with Crippen molar-refractivity contribution in [1.29, 1.82) is 5.26 Å². The number of nitriles is 1. The number of likely N-dealkylation sites (tertiary alicyclic amines) is 1. The molecule has 0 radical (unpaired) electrons. The van der Waals surface area contributed by atoms with E-state index in [0.29, 0.717) is 18.1 Å². The summed E-state index contributed by atoms with van der Waals surface area (Å²) in [7, 11) is -1.95. The van der Waals surface area contributed by atoms with E-state index in [-0.39, 0.29) is 16.6 Å². The van der Waals surface area contributed by atoms with Crippen LogP contribution in [-0.4, -0.2) is 60.6 Å². The molecule has 0 amide bonds. The second-order valence-corrected chi connectivity index (χ2v) is 18.9. The molecule has 9 heteroatoms. The number of aliphatic hydroxyl groups is 1. The minimum atomic E-state index is -1.95. The highest BCUT2D eigenvalue weighted by Crippen LogP contribution is 2.44. The smallest absolute Gasteiger partial charge is 0.227 e. The van der Waals surface area contributed by atoms with Crippen LogP contribution in [0.3, 0.4) is 0 Å². The maximum Gasteiger partial charge on any atom is 0.227 e.